The monoisotopic (exact) mass is 403 g/mol. The normalized spacial score (nSPS) is 19.0. The van der Waals surface area contributed by atoms with Gasteiger partial charge in [0, 0.05) is 38.4 Å². The van der Waals surface area contributed by atoms with Gasteiger partial charge in [-0.3, -0.25) is 4.90 Å². The maximum Gasteiger partial charge on any atom is 0.138 e. The predicted octanol–water partition coefficient (Wildman–Crippen LogP) is 3.93. The van der Waals surface area contributed by atoms with E-state index in [4.69, 9.17) is 16.3 Å². The van der Waals surface area contributed by atoms with Gasteiger partial charge in [-0.05, 0) is 67.9 Å². The summed E-state index contributed by atoms with van der Waals surface area (Å²) >= 11 is 6.48. The number of piperidine rings is 1. The summed E-state index contributed by atoms with van der Waals surface area (Å²) in [4.78, 5) is 4.73. The fourth-order valence-electron chi connectivity index (χ4n) is 3.91. The van der Waals surface area contributed by atoms with Gasteiger partial charge in [-0.2, -0.15) is 0 Å². The molecule has 1 N–H and O–H groups in total. The van der Waals surface area contributed by atoms with Crippen molar-refractivity contribution in [3.8, 4) is 5.75 Å². The summed E-state index contributed by atoms with van der Waals surface area (Å²) in [7, 11) is 0. The van der Waals surface area contributed by atoms with Crippen LogP contribution >= 0.6 is 11.6 Å². The van der Waals surface area contributed by atoms with Gasteiger partial charge in [0.2, 0.25) is 0 Å². The lowest BCUT2D eigenvalue weighted by Gasteiger charge is -2.36. The second-order valence-electron chi connectivity index (χ2n) is 7.57. The van der Waals surface area contributed by atoms with E-state index in [9.17, 15) is 4.39 Å². The molecule has 2 fully saturated rings. The number of nitrogens with zero attached hydrogens (tertiary/aromatic N) is 2. The van der Waals surface area contributed by atoms with E-state index in [1.807, 2.05) is 24.3 Å². The molecular formula is C22H27ClFN3O. The second kappa shape index (κ2) is 9.12. The lowest BCUT2D eigenvalue weighted by Crippen LogP contribution is -2.45. The average molecular weight is 404 g/mol. The van der Waals surface area contributed by atoms with E-state index < -0.39 is 0 Å². The van der Waals surface area contributed by atoms with Gasteiger partial charge in [0.1, 0.15) is 17.7 Å². The summed E-state index contributed by atoms with van der Waals surface area (Å²) in [6, 6.07) is 12.9. The standard InChI is InChI=1S/C22H27ClFN3O/c23-21-15-17(1-6-22(21)28-20-7-9-25-10-8-20)16-26-11-13-27(14-12-26)19-4-2-18(24)3-5-19/h1-6,15,20,25H,7-14,16H2. The highest BCUT2D eigenvalue weighted by molar-refractivity contribution is 6.32. The Balaban J connectivity index is 1.30. The van der Waals surface area contributed by atoms with Gasteiger partial charge in [0.05, 0.1) is 5.02 Å². The number of benzene rings is 2. The molecule has 2 saturated heterocycles. The Bertz CT molecular complexity index is 772. The Hall–Kier alpha value is -1.82. The molecule has 0 unspecified atom stereocenters. The van der Waals surface area contributed by atoms with Crippen LogP contribution in [0.5, 0.6) is 5.75 Å². The van der Waals surface area contributed by atoms with Crippen LogP contribution in [0.4, 0.5) is 10.1 Å². The third kappa shape index (κ3) is 4.96. The van der Waals surface area contributed by atoms with Gasteiger partial charge in [-0.25, -0.2) is 4.39 Å². The van der Waals surface area contributed by atoms with Crippen LogP contribution in [0, 0.1) is 5.82 Å². The Labute approximate surface area is 171 Å². The van der Waals surface area contributed by atoms with Crippen molar-refractivity contribution in [3.05, 3.63) is 58.9 Å². The molecule has 2 aromatic rings. The number of halogens is 2. The SMILES string of the molecule is Fc1ccc(N2CCN(Cc3ccc(OC4CCNCC4)c(Cl)c3)CC2)cc1. The van der Waals surface area contributed by atoms with Crippen molar-refractivity contribution in [1.82, 2.24) is 10.2 Å². The first kappa shape index (κ1) is 19.5. The van der Waals surface area contributed by atoms with Crippen LogP contribution in [0.15, 0.2) is 42.5 Å². The number of piperazine rings is 1. The summed E-state index contributed by atoms with van der Waals surface area (Å²) < 4.78 is 19.2. The Kier molecular flexibility index (Phi) is 6.35. The van der Waals surface area contributed by atoms with Gasteiger partial charge in [-0.1, -0.05) is 17.7 Å². The Morgan fingerprint density at radius 2 is 1.71 bits per heavy atom. The van der Waals surface area contributed by atoms with E-state index >= 15 is 0 Å². The molecule has 2 aliphatic rings. The zero-order chi connectivity index (χ0) is 19.3. The first-order chi connectivity index (χ1) is 13.7. The fourth-order valence-corrected chi connectivity index (χ4v) is 4.15. The number of anilines is 1. The number of hydrogen-bond acceptors (Lipinski definition) is 4. The summed E-state index contributed by atoms with van der Waals surface area (Å²) in [5.41, 5.74) is 2.29. The zero-order valence-corrected chi connectivity index (χ0v) is 16.8. The summed E-state index contributed by atoms with van der Waals surface area (Å²) in [5, 5.41) is 4.04. The Morgan fingerprint density at radius 1 is 1.00 bits per heavy atom. The highest BCUT2D eigenvalue weighted by Gasteiger charge is 2.19. The summed E-state index contributed by atoms with van der Waals surface area (Å²) in [6.07, 6.45) is 2.30. The molecule has 2 aliphatic heterocycles. The van der Waals surface area contributed by atoms with Crippen molar-refractivity contribution in [2.24, 2.45) is 0 Å². The molecule has 4 nitrogen and oxygen atoms in total. The maximum atomic E-state index is 13.1. The number of rotatable bonds is 5. The van der Waals surface area contributed by atoms with Crippen molar-refractivity contribution in [2.75, 3.05) is 44.2 Å². The number of nitrogens with one attached hydrogen (secondary N) is 1. The second-order valence-corrected chi connectivity index (χ2v) is 7.98. The largest absolute Gasteiger partial charge is 0.489 e. The summed E-state index contributed by atoms with van der Waals surface area (Å²) in [6.45, 7) is 6.72. The van der Waals surface area contributed by atoms with Gasteiger partial charge in [0.25, 0.3) is 0 Å². The van der Waals surface area contributed by atoms with E-state index in [0.717, 1.165) is 70.1 Å². The lowest BCUT2D eigenvalue weighted by atomic mass is 10.1. The van der Waals surface area contributed by atoms with Crippen LogP contribution in [0.1, 0.15) is 18.4 Å². The minimum Gasteiger partial charge on any atom is -0.489 e. The number of ether oxygens (including phenoxy) is 1. The van der Waals surface area contributed by atoms with Crippen molar-refractivity contribution >= 4 is 17.3 Å². The molecule has 150 valence electrons. The average Bonchev–Trinajstić information content (AvgIpc) is 2.72. The first-order valence-electron chi connectivity index (χ1n) is 10.1. The van der Waals surface area contributed by atoms with E-state index in [0.29, 0.717) is 5.02 Å². The minimum absolute atomic E-state index is 0.188. The molecule has 0 amide bonds. The smallest absolute Gasteiger partial charge is 0.138 e. The van der Waals surface area contributed by atoms with Crippen molar-refractivity contribution < 1.29 is 9.13 Å². The molecule has 28 heavy (non-hydrogen) atoms. The molecule has 0 atom stereocenters. The zero-order valence-electron chi connectivity index (χ0n) is 16.0. The van der Waals surface area contributed by atoms with Gasteiger partial charge >= 0.3 is 0 Å². The van der Waals surface area contributed by atoms with Crippen LogP contribution < -0.4 is 15.0 Å². The molecule has 2 heterocycles. The van der Waals surface area contributed by atoms with E-state index in [-0.39, 0.29) is 11.9 Å². The third-order valence-electron chi connectivity index (χ3n) is 5.55. The predicted molar refractivity (Wildman–Crippen MR) is 112 cm³/mol. The molecule has 0 aliphatic carbocycles. The minimum atomic E-state index is -0.188. The molecule has 0 bridgehead atoms. The Morgan fingerprint density at radius 3 is 2.39 bits per heavy atom. The molecule has 0 radical (unpaired) electrons. The van der Waals surface area contributed by atoms with Gasteiger partial charge < -0.3 is 15.0 Å². The maximum absolute atomic E-state index is 13.1. The molecular weight excluding hydrogens is 377 g/mol. The molecule has 0 spiro atoms. The lowest BCUT2D eigenvalue weighted by molar-refractivity contribution is 0.162. The third-order valence-corrected chi connectivity index (χ3v) is 5.84. The van der Waals surface area contributed by atoms with Crippen molar-refractivity contribution in [3.63, 3.8) is 0 Å². The van der Waals surface area contributed by atoms with E-state index in [1.54, 1.807) is 0 Å². The summed E-state index contributed by atoms with van der Waals surface area (Å²) in [5.74, 6) is 0.602. The van der Waals surface area contributed by atoms with Crippen LogP contribution in [-0.4, -0.2) is 50.3 Å². The van der Waals surface area contributed by atoms with Crippen LogP contribution in [0.3, 0.4) is 0 Å². The van der Waals surface area contributed by atoms with Crippen LogP contribution in [0.25, 0.3) is 0 Å². The van der Waals surface area contributed by atoms with Crippen molar-refractivity contribution in [2.45, 2.75) is 25.5 Å². The van der Waals surface area contributed by atoms with Crippen LogP contribution in [0.2, 0.25) is 5.02 Å². The molecule has 4 rings (SSSR count). The highest BCUT2D eigenvalue weighted by atomic mass is 35.5. The molecule has 6 heteroatoms. The van der Waals surface area contributed by atoms with E-state index in [2.05, 4.69) is 21.2 Å². The quantitative estimate of drug-likeness (QED) is 0.818. The fraction of sp³-hybridized carbons (Fsp3) is 0.455. The highest BCUT2D eigenvalue weighted by Crippen LogP contribution is 2.28. The molecule has 0 aromatic heterocycles. The molecule has 0 saturated carbocycles. The first-order valence-corrected chi connectivity index (χ1v) is 10.4. The van der Waals surface area contributed by atoms with Crippen LogP contribution in [-0.2, 0) is 6.54 Å². The van der Waals surface area contributed by atoms with Crippen molar-refractivity contribution in [1.29, 1.82) is 0 Å². The topological polar surface area (TPSA) is 27.7 Å². The van der Waals surface area contributed by atoms with E-state index in [1.165, 1.54) is 17.7 Å². The van der Waals surface area contributed by atoms with Gasteiger partial charge in [0.15, 0.2) is 0 Å². The number of hydrogen-bond donors (Lipinski definition) is 1. The van der Waals surface area contributed by atoms with Gasteiger partial charge in [-0.15, -0.1) is 0 Å². The molecule has 2 aromatic carbocycles.